The van der Waals surface area contributed by atoms with Crippen LogP contribution in [0.4, 0.5) is 0 Å². The number of aromatic nitrogens is 1. The molecule has 0 fully saturated rings. The highest BCUT2D eigenvalue weighted by atomic mass is 32.2. The minimum Gasteiger partial charge on any atom is -0.437 e. The van der Waals surface area contributed by atoms with E-state index in [9.17, 15) is 0 Å². The SMILES string of the molecule is Cc1nc(SCC(C)CN)oc1C. The van der Waals surface area contributed by atoms with E-state index in [4.69, 9.17) is 10.2 Å². The topological polar surface area (TPSA) is 52.0 Å². The maximum atomic E-state index is 5.51. The van der Waals surface area contributed by atoms with E-state index in [0.717, 1.165) is 22.4 Å². The molecule has 0 radical (unpaired) electrons. The van der Waals surface area contributed by atoms with Crippen LogP contribution < -0.4 is 5.73 Å². The highest BCUT2D eigenvalue weighted by Gasteiger charge is 2.07. The van der Waals surface area contributed by atoms with Gasteiger partial charge in [-0.05, 0) is 26.3 Å². The second-order valence-electron chi connectivity index (χ2n) is 3.27. The molecule has 1 heterocycles. The van der Waals surface area contributed by atoms with E-state index in [1.807, 2.05) is 13.8 Å². The molecule has 0 aliphatic heterocycles. The molecule has 0 bridgehead atoms. The van der Waals surface area contributed by atoms with E-state index in [1.165, 1.54) is 0 Å². The highest BCUT2D eigenvalue weighted by Crippen LogP contribution is 2.21. The second kappa shape index (κ2) is 4.67. The third-order valence-electron chi connectivity index (χ3n) is 1.90. The van der Waals surface area contributed by atoms with Crippen LogP contribution in [0.1, 0.15) is 18.4 Å². The number of hydrogen-bond donors (Lipinski definition) is 1. The molecule has 0 aliphatic rings. The fourth-order valence-electron chi connectivity index (χ4n) is 0.787. The van der Waals surface area contributed by atoms with Crippen LogP contribution in [0.5, 0.6) is 0 Å². The molecule has 1 atom stereocenters. The Morgan fingerprint density at radius 3 is 2.69 bits per heavy atom. The lowest BCUT2D eigenvalue weighted by atomic mass is 10.2. The summed E-state index contributed by atoms with van der Waals surface area (Å²) in [5.41, 5.74) is 6.48. The van der Waals surface area contributed by atoms with Crippen LogP contribution in [0.15, 0.2) is 9.64 Å². The van der Waals surface area contributed by atoms with Gasteiger partial charge in [-0.15, -0.1) is 0 Å². The molecule has 1 aromatic heterocycles. The van der Waals surface area contributed by atoms with Gasteiger partial charge in [0.25, 0.3) is 5.22 Å². The first kappa shape index (κ1) is 10.6. The quantitative estimate of drug-likeness (QED) is 0.755. The monoisotopic (exact) mass is 200 g/mol. The van der Waals surface area contributed by atoms with Gasteiger partial charge >= 0.3 is 0 Å². The largest absolute Gasteiger partial charge is 0.437 e. The Hall–Kier alpha value is -0.480. The van der Waals surface area contributed by atoms with Crippen molar-refractivity contribution < 1.29 is 4.42 Å². The summed E-state index contributed by atoms with van der Waals surface area (Å²) in [6.45, 7) is 6.72. The molecule has 0 aliphatic carbocycles. The number of aryl methyl sites for hydroxylation is 2. The Labute approximate surface area is 83.1 Å². The van der Waals surface area contributed by atoms with Gasteiger partial charge in [-0.1, -0.05) is 18.7 Å². The van der Waals surface area contributed by atoms with Crippen molar-refractivity contribution in [3.05, 3.63) is 11.5 Å². The van der Waals surface area contributed by atoms with Crippen LogP contribution in [0.25, 0.3) is 0 Å². The standard InChI is InChI=1S/C9H16N2OS/c1-6(4-10)5-13-9-11-7(2)8(3)12-9/h6H,4-5,10H2,1-3H3. The molecule has 74 valence electrons. The van der Waals surface area contributed by atoms with Crippen LogP contribution in [-0.2, 0) is 0 Å². The Kier molecular flexibility index (Phi) is 3.81. The van der Waals surface area contributed by atoms with Crippen LogP contribution >= 0.6 is 11.8 Å². The summed E-state index contributed by atoms with van der Waals surface area (Å²) in [7, 11) is 0. The number of nitrogens with zero attached hydrogens (tertiary/aromatic N) is 1. The predicted octanol–water partition coefficient (Wildman–Crippen LogP) is 1.98. The van der Waals surface area contributed by atoms with E-state index in [2.05, 4.69) is 11.9 Å². The van der Waals surface area contributed by atoms with E-state index < -0.39 is 0 Å². The fraction of sp³-hybridized carbons (Fsp3) is 0.667. The molecule has 2 N–H and O–H groups in total. The third kappa shape index (κ3) is 3.04. The van der Waals surface area contributed by atoms with Crippen LogP contribution in [-0.4, -0.2) is 17.3 Å². The van der Waals surface area contributed by atoms with Gasteiger partial charge in [-0.2, -0.15) is 0 Å². The Bertz CT molecular complexity index is 253. The zero-order chi connectivity index (χ0) is 9.84. The maximum absolute atomic E-state index is 5.51. The van der Waals surface area contributed by atoms with Crippen molar-refractivity contribution >= 4 is 11.8 Å². The summed E-state index contributed by atoms with van der Waals surface area (Å²) in [5.74, 6) is 2.39. The van der Waals surface area contributed by atoms with Gasteiger partial charge in [0, 0.05) is 5.75 Å². The number of hydrogen-bond acceptors (Lipinski definition) is 4. The second-order valence-corrected chi connectivity index (χ2v) is 4.24. The molecular formula is C9H16N2OS. The molecule has 3 nitrogen and oxygen atoms in total. The lowest BCUT2D eigenvalue weighted by molar-refractivity contribution is 0.430. The number of rotatable bonds is 4. The van der Waals surface area contributed by atoms with E-state index in [0.29, 0.717) is 12.5 Å². The van der Waals surface area contributed by atoms with Gasteiger partial charge in [0.05, 0.1) is 5.69 Å². The first-order chi connectivity index (χ1) is 6.13. The normalized spacial score (nSPS) is 13.2. The number of oxazole rings is 1. The van der Waals surface area contributed by atoms with Crippen molar-refractivity contribution in [3.63, 3.8) is 0 Å². The lowest BCUT2D eigenvalue weighted by Crippen LogP contribution is -2.12. The summed E-state index contributed by atoms with van der Waals surface area (Å²) in [4.78, 5) is 4.27. The Balaban J connectivity index is 2.45. The third-order valence-corrected chi connectivity index (χ3v) is 3.06. The number of thioether (sulfide) groups is 1. The average molecular weight is 200 g/mol. The van der Waals surface area contributed by atoms with Gasteiger partial charge in [0.15, 0.2) is 0 Å². The summed E-state index contributed by atoms with van der Waals surface area (Å²) in [6, 6.07) is 0. The molecule has 0 aromatic carbocycles. The van der Waals surface area contributed by atoms with Crippen LogP contribution in [0.3, 0.4) is 0 Å². The fourth-order valence-corrected chi connectivity index (χ4v) is 1.74. The zero-order valence-electron chi connectivity index (χ0n) is 8.33. The van der Waals surface area contributed by atoms with Crippen molar-refractivity contribution in [2.24, 2.45) is 11.7 Å². The Morgan fingerprint density at radius 1 is 1.54 bits per heavy atom. The van der Waals surface area contributed by atoms with Crippen molar-refractivity contribution in [2.75, 3.05) is 12.3 Å². The molecule has 1 unspecified atom stereocenters. The van der Waals surface area contributed by atoms with Crippen molar-refractivity contribution in [2.45, 2.75) is 26.0 Å². The molecular weight excluding hydrogens is 184 g/mol. The zero-order valence-corrected chi connectivity index (χ0v) is 9.15. The van der Waals surface area contributed by atoms with Crippen LogP contribution in [0.2, 0.25) is 0 Å². The minimum absolute atomic E-state index is 0.512. The molecule has 0 saturated heterocycles. The molecule has 0 amide bonds. The molecule has 1 aromatic rings. The number of nitrogens with two attached hydrogens (primary N) is 1. The predicted molar refractivity (Wildman–Crippen MR) is 54.9 cm³/mol. The van der Waals surface area contributed by atoms with Gasteiger partial charge in [0.2, 0.25) is 0 Å². The maximum Gasteiger partial charge on any atom is 0.256 e. The first-order valence-electron chi connectivity index (χ1n) is 4.40. The van der Waals surface area contributed by atoms with Crippen LogP contribution in [0, 0.1) is 19.8 Å². The smallest absolute Gasteiger partial charge is 0.256 e. The molecule has 0 spiro atoms. The molecule has 4 heteroatoms. The van der Waals surface area contributed by atoms with Gasteiger partial charge in [-0.3, -0.25) is 0 Å². The lowest BCUT2D eigenvalue weighted by Gasteiger charge is -2.03. The highest BCUT2D eigenvalue weighted by molar-refractivity contribution is 7.99. The van der Waals surface area contributed by atoms with Crippen molar-refractivity contribution in [3.8, 4) is 0 Å². The van der Waals surface area contributed by atoms with E-state index >= 15 is 0 Å². The molecule has 13 heavy (non-hydrogen) atoms. The van der Waals surface area contributed by atoms with E-state index in [1.54, 1.807) is 11.8 Å². The van der Waals surface area contributed by atoms with Gasteiger partial charge < -0.3 is 10.2 Å². The Morgan fingerprint density at radius 2 is 2.23 bits per heavy atom. The van der Waals surface area contributed by atoms with Crippen molar-refractivity contribution in [1.29, 1.82) is 0 Å². The van der Waals surface area contributed by atoms with Gasteiger partial charge in [0.1, 0.15) is 5.76 Å². The average Bonchev–Trinajstić information content (AvgIpc) is 2.42. The summed E-state index contributed by atoms with van der Waals surface area (Å²) >= 11 is 1.63. The first-order valence-corrected chi connectivity index (χ1v) is 5.39. The summed E-state index contributed by atoms with van der Waals surface area (Å²) < 4.78 is 5.42. The van der Waals surface area contributed by atoms with E-state index in [-0.39, 0.29) is 0 Å². The summed E-state index contributed by atoms with van der Waals surface area (Å²) in [6.07, 6.45) is 0. The molecule has 1 rings (SSSR count). The summed E-state index contributed by atoms with van der Waals surface area (Å²) in [5, 5.41) is 0.760. The van der Waals surface area contributed by atoms with Gasteiger partial charge in [-0.25, -0.2) is 4.98 Å². The molecule has 0 saturated carbocycles. The minimum atomic E-state index is 0.512. The van der Waals surface area contributed by atoms with Crippen molar-refractivity contribution in [1.82, 2.24) is 4.98 Å².